The highest BCUT2D eigenvalue weighted by molar-refractivity contribution is 8.19. The Morgan fingerprint density at radius 1 is 1.00 bits per heavy atom. The molecule has 1 amide bonds. The van der Waals surface area contributed by atoms with Gasteiger partial charge in [0.2, 0.25) is 0 Å². The van der Waals surface area contributed by atoms with Crippen molar-refractivity contribution in [1.29, 1.82) is 5.41 Å². The molecule has 1 aliphatic rings. The van der Waals surface area contributed by atoms with Crippen LogP contribution in [0.2, 0.25) is 0 Å². The summed E-state index contributed by atoms with van der Waals surface area (Å²) >= 11 is 1.14. The molecule has 36 heavy (non-hydrogen) atoms. The second-order valence-corrected chi connectivity index (χ2v) is 9.67. The molecule has 1 heterocycles. The molecule has 1 N–H and O–H groups in total. The highest BCUT2D eigenvalue weighted by Gasteiger charge is 2.34. The maximum absolute atomic E-state index is 13.3. The van der Waals surface area contributed by atoms with E-state index >= 15 is 0 Å². The summed E-state index contributed by atoms with van der Waals surface area (Å²) in [6, 6.07) is 17.9. The molecular formula is C29H30FN3O2S. The molecule has 1 fully saturated rings. The minimum Gasteiger partial charge on any atom is -0.488 e. The van der Waals surface area contributed by atoms with Crippen molar-refractivity contribution in [3.63, 3.8) is 0 Å². The third-order valence-corrected chi connectivity index (χ3v) is 7.18. The zero-order chi connectivity index (χ0) is 25.8. The topological polar surface area (TPSA) is 56.6 Å². The van der Waals surface area contributed by atoms with Gasteiger partial charge in [0.15, 0.2) is 5.17 Å². The summed E-state index contributed by atoms with van der Waals surface area (Å²) in [5, 5.41) is 8.63. The first kappa shape index (κ1) is 25.5. The predicted octanol–water partition coefficient (Wildman–Crippen LogP) is 6.92. The van der Waals surface area contributed by atoms with Gasteiger partial charge in [-0.25, -0.2) is 4.39 Å². The Bertz CT molecular complexity index is 1320. The summed E-state index contributed by atoms with van der Waals surface area (Å²) in [5.41, 5.74) is 5.51. The van der Waals surface area contributed by atoms with Crippen molar-refractivity contribution >= 4 is 40.3 Å². The molecule has 4 rings (SSSR count). The predicted molar refractivity (Wildman–Crippen MR) is 147 cm³/mol. The van der Waals surface area contributed by atoms with E-state index in [0.29, 0.717) is 16.3 Å². The number of aryl methyl sites for hydroxylation is 2. The molecule has 0 unspecified atom stereocenters. The van der Waals surface area contributed by atoms with Gasteiger partial charge >= 0.3 is 0 Å². The normalized spacial score (nSPS) is 14.6. The number of carbonyl (C=O) groups is 1. The number of anilines is 2. The van der Waals surface area contributed by atoms with Crippen LogP contribution in [-0.2, 0) is 11.4 Å². The monoisotopic (exact) mass is 503 g/mol. The van der Waals surface area contributed by atoms with Gasteiger partial charge in [0, 0.05) is 30.4 Å². The number of hydrogen-bond donors (Lipinski definition) is 1. The first-order valence-corrected chi connectivity index (χ1v) is 12.8. The average molecular weight is 504 g/mol. The molecule has 7 heteroatoms. The summed E-state index contributed by atoms with van der Waals surface area (Å²) in [7, 11) is 0. The molecule has 0 aliphatic carbocycles. The second-order valence-electron chi connectivity index (χ2n) is 8.63. The lowest BCUT2D eigenvalue weighted by molar-refractivity contribution is -0.113. The van der Waals surface area contributed by atoms with E-state index in [4.69, 9.17) is 10.1 Å². The van der Waals surface area contributed by atoms with E-state index in [1.165, 1.54) is 17.0 Å². The van der Waals surface area contributed by atoms with Gasteiger partial charge in [-0.15, -0.1) is 0 Å². The Labute approximate surface area is 216 Å². The Kier molecular flexibility index (Phi) is 7.79. The van der Waals surface area contributed by atoms with Gasteiger partial charge in [-0.3, -0.25) is 15.1 Å². The molecule has 186 valence electrons. The van der Waals surface area contributed by atoms with Crippen LogP contribution in [0.25, 0.3) is 6.08 Å². The number of carbonyl (C=O) groups excluding carboxylic acids is 1. The number of ether oxygens (including phenoxy) is 1. The molecule has 0 radical (unpaired) electrons. The Morgan fingerprint density at radius 3 is 2.39 bits per heavy atom. The molecule has 1 aliphatic heterocycles. The Balaban J connectivity index is 1.66. The number of rotatable bonds is 8. The van der Waals surface area contributed by atoms with Gasteiger partial charge in [-0.2, -0.15) is 0 Å². The molecule has 5 nitrogen and oxygen atoms in total. The molecule has 0 saturated carbocycles. The van der Waals surface area contributed by atoms with Crippen molar-refractivity contribution < 1.29 is 13.9 Å². The van der Waals surface area contributed by atoms with E-state index in [1.54, 1.807) is 18.2 Å². The van der Waals surface area contributed by atoms with Crippen LogP contribution in [0.4, 0.5) is 15.8 Å². The van der Waals surface area contributed by atoms with Crippen LogP contribution in [0, 0.1) is 25.1 Å². The molecule has 3 aromatic carbocycles. The number of nitrogens with one attached hydrogen (secondary N) is 1. The van der Waals surface area contributed by atoms with E-state index in [-0.39, 0.29) is 23.5 Å². The number of benzene rings is 3. The fourth-order valence-electron chi connectivity index (χ4n) is 4.02. The number of hydrogen-bond acceptors (Lipinski definition) is 5. The van der Waals surface area contributed by atoms with E-state index in [1.807, 2.05) is 50.2 Å². The van der Waals surface area contributed by atoms with Crippen LogP contribution < -0.4 is 14.5 Å². The van der Waals surface area contributed by atoms with E-state index in [2.05, 4.69) is 18.7 Å². The van der Waals surface area contributed by atoms with Crippen molar-refractivity contribution in [2.24, 2.45) is 0 Å². The maximum atomic E-state index is 13.3. The van der Waals surface area contributed by atoms with Crippen molar-refractivity contribution in [2.75, 3.05) is 22.9 Å². The van der Waals surface area contributed by atoms with Gasteiger partial charge in [-0.1, -0.05) is 18.2 Å². The molecule has 1 saturated heterocycles. The van der Waals surface area contributed by atoms with E-state index in [9.17, 15) is 9.18 Å². The first-order chi connectivity index (χ1) is 17.3. The highest BCUT2D eigenvalue weighted by atomic mass is 32.2. The second kappa shape index (κ2) is 11.0. The van der Waals surface area contributed by atoms with Gasteiger partial charge in [-0.05, 0) is 98.6 Å². The summed E-state index contributed by atoms with van der Waals surface area (Å²) < 4.78 is 19.5. The summed E-state index contributed by atoms with van der Waals surface area (Å²) in [6.07, 6.45) is 1.79. The molecule has 0 aromatic heterocycles. The van der Waals surface area contributed by atoms with E-state index < -0.39 is 0 Å². The summed E-state index contributed by atoms with van der Waals surface area (Å²) in [6.45, 7) is 10.2. The van der Waals surface area contributed by atoms with Crippen LogP contribution in [0.3, 0.4) is 0 Å². The van der Waals surface area contributed by atoms with Crippen molar-refractivity contribution in [3.8, 4) is 5.75 Å². The Morgan fingerprint density at radius 2 is 1.72 bits per heavy atom. The Hall–Kier alpha value is -3.58. The van der Waals surface area contributed by atoms with Gasteiger partial charge in [0.25, 0.3) is 5.91 Å². The molecular weight excluding hydrogens is 473 g/mol. The summed E-state index contributed by atoms with van der Waals surface area (Å²) in [4.78, 5) is 17.4. The third kappa shape index (κ3) is 5.46. The van der Waals surface area contributed by atoms with Crippen LogP contribution in [-0.4, -0.2) is 24.2 Å². The standard InChI is InChI=1S/C29H30FN3O2S/c1-5-32(6-2)24-14-10-22(26(17-24)35-18-21-8-11-23(30)12-9-21)16-27-28(34)33(29(31)36-27)25-13-7-19(3)20(4)15-25/h7-17,31H,5-6,18H2,1-4H3/b27-16-,31-29?. The van der Waals surface area contributed by atoms with Gasteiger partial charge in [0.1, 0.15) is 18.2 Å². The number of amidine groups is 1. The number of nitrogens with zero attached hydrogens (tertiary/aromatic N) is 2. The minimum atomic E-state index is -0.291. The zero-order valence-corrected chi connectivity index (χ0v) is 21.8. The van der Waals surface area contributed by atoms with Crippen LogP contribution in [0.15, 0.2) is 65.6 Å². The minimum absolute atomic E-state index is 0.169. The zero-order valence-electron chi connectivity index (χ0n) is 21.0. The largest absolute Gasteiger partial charge is 0.488 e. The third-order valence-electron chi connectivity index (χ3n) is 6.29. The molecule has 3 aromatic rings. The molecule has 0 atom stereocenters. The van der Waals surface area contributed by atoms with Gasteiger partial charge in [0.05, 0.1) is 10.6 Å². The fraction of sp³-hybridized carbons (Fsp3) is 0.241. The van der Waals surface area contributed by atoms with Crippen LogP contribution in [0.1, 0.15) is 36.1 Å². The summed E-state index contributed by atoms with van der Waals surface area (Å²) in [5.74, 6) is 0.103. The van der Waals surface area contributed by atoms with Crippen molar-refractivity contribution in [2.45, 2.75) is 34.3 Å². The average Bonchev–Trinajstić information content (AvgIpc) is 3.15. The smallest absolute Gasteiger partial charge is 0.271 e. The maximum Gasteiger partial charge on any atom is 0.271 e. The van der Waals surface area contributed by atoms with Crippen molar-refractivity contribution in [3.05, 3.63) is 93.6 Å². The SMILES string of the molecule is CCN(CC)c1ccc(/C=C2\SC(=N)N(c3ccc(C)c(C)c3)C2=O)c(OCc2ccc(F)cc2)c1. The van der Waals surface area contributed by atoms with Crippen LogP contribution in [0.5, 0.6) is 5.75 Å². The molecule has 0 spiro atoms. The van der Waals surface area contributed by atoms with Crippen LogP contribution >= 0.6 is 11.8 Å². The lowest BCUT2D eigenvalue weighted by atomic mass is 10.1. The molecule has 0 bridgehead atoms. The quantitative estimate of drug-likeness (QED) is 0.339. The lowest BCUT2D eigenvalue weighted by Gasteiger charge is -2.22. The van der Waals surface area contributed by atoms with Crippen molar-refractivity contribution in [1.82, 2.24) is 0 Å². The number of halogens is 1. The van der Waals surface area contributed by atoms with E-state index in [0.717, 1.165) is 52.8 Å². The highest BCUT2D eigenvalue weighted by Crippen LogP contribution is 2.38. The lowest BCUT2D eigenvalue weighted by Crippen LogP contribution is -2.28. The fourth-order valence-corrected chi connectivity index (χ4v) is 4.87. The number of thioether (sulfide) groups is 1. The first-order valence-electron chi connectivity index (χ1n) is 12.0. The number of amides is 1. The van der Waals surface area contributed by atoms with Gasteiger partial charge < -0.3 is 9.64 Å².